The fourth-order valence-electron chi connectivity index (χ4n) is 3.88. The van der Waals surface area contributed by atoms with E-state index < -0.39 is 10.0 Å². The molecule has 0 atom stereocenters. The van der Waals surface area contributed by atoms with Gasteiger partial charge in [-0.15, -0.1) is 0 Å². The van der Waals surface area contributed by atoms with Gasteiger partial charge in [-0.2, -0.15) is 4.31 Å². The number of amides is 1. The molecule has 144 valence electrons. The van der Waals surface area contributed by atoms with Crippen LogP contribution in [0.5, 0.6) is 0 Å². The molecule has 3 rings (SSSR count). The molecule has 0 aromatic heterocycles. The summed E-state index contributed by atoms with van der Waals surface area (Å²) in [4.78, 5) is 12.8. The van der Waals surface area contributed by atoms with Gasteiger partial charge >= 0.3 is 0 Å². The predicted molar refractivity (Wildman–Crippen MR) is 103 cm³/mol. The summed E-state index contributed by atoms with van der Waals surface area (Å²) >= 11 is 5.92. The van der Waals surface area contributed by atoms with E-state index in [0.717, 1.165) is 12.8 Å². The lowest BCUT2D eigenvalue weighted by molar-refractivity contribution is -0.126. The van der Waals surface area contributed by atoms with Gasteiger partial charge in [-0.1, -0.05) is 43.4 Å². The van der Waals surface area contributed by atoms with Gasteiger partial charge in [0, 0.05) is 30.1 Å². The number of halogens is 1. The van der Waals surface area contributed by atoms with E-state index in [4.69, 9.17) is 11.6 Å². The van der Waals surface area contributed by atoms with Crippen molar-refractivity contribution in [3.63, 3.8) is 0 Å². The number of piperidine rings is 1. The van der Waals surface area contributed by atoms with Crippen molar-refractivity contribution in [3.05, 3.63) is 29.3 Å². The molecule has 26 heavy (non-hydrogen) atoms. The van der Waals surface area contributed by atoms with E-state index in [1.165, 1.54) is 36.1 Å². The second kappa shape index (κ2) is 8.72. The molecule has 1 aliphatic carbocycles. The van der Waals surface area contributed by atoms with Crippen LogP contribution in [0.15, 0.2) is 29.2 Å². The van der Waals surface area contributed by atoms with Gasteiger partial charge < -0.3 is 5.32 Å². The number of rotatable bonds is 4. The van der Waals surface area contributed by atoms with E-state index in [9.17, 15) is 13.2 Å². The van der Waals surface area contributed by atoms with Crippen molar-refractivity contribution in [2.24, 2.45) is 5.92 Å². The minimum atomic E-state index is -3.55. The summed E-state index contributed by atoms with van der Waals surface area (Å²) in [6.45, 7) is 0.745. The fourth-order valence-corrected chi connectivity index (χ4v) is 5.65. The molecule has 0 radical (unpaired) electrons. The van der Waals surface area contributed by atoms with Crippen LogP contribution in [0, 0.1) is 5.92 Å². The third-order valence-corrected chi connectivity index (χ3v) is 7.59. The minimum absolute atomic E-state index is 0.0935. The number of sulfonamides is 1. The van der Waals surface area contributed by atoms with Crippen LogP contribution < -0.4 is 5.32 Å². The second-order valence-electron chi connectivity index (χ2n) is 7.33. The zero-order chi connectivity index (χ0) is 18.6. The monoisotopic (exact) mass is 398 g/mol. The molecule has 1 saturated carbocycles. The van der Waals surface area contributed by atoms with Crippen molar-refractivity contribution >= 4 is 27.5 Å². The Labute approximate surface area is 161 Å². The number of nitrogens with one attached hydrogen (secondary N) is 1. The average Bonchev–Trinajstić information content (AvgIpc) is 2.90. The first kappa shape index (κ1) is 19.6. The van der Waals surface area contributed by atoms with Crippen LogP contribution in [0.3, 0.4) is 0 Å². The van der Waals surface area contributed by atoms with E-state index in [0.29, 0.717) is 37.0 Å². The van der Waals surface area contributed by atoms with Gasteiger partial charge in [-0.3, -0.25) is 4.79 Å². The SMILES string of the molecule is O=C(NC1CCCCCC1)C1CCN(S(=O)(=O)c2cccc(Cl)c2)CC1. The van der Waals surface area contributed by atoms with Crippen LogP contribution in [0.2, 0.25) is 5.02 Å². The van der Waals surface area contributed by atoms with E-state index in [1.807, 2.05) is 0 Å². The molecule has 5 nitrogen and oxygen atoms in total. The predicted octanol–water partition coefficient (Wildman–Crippen LogP) is 3.58. The number of benzene rings is 1. The van der Waals surface area contributed by atoms with E-state index in [2.05, 4.69) is 5.32 Å². The van der Waals surface area contributed by atoms with Crippen LogP contribution >= 0.6 is 11.6 Å². The molecule has 1 saturated heterocycles. The van der Waals surface area contributed by atoms with Crippen LogP contribution in [-0.4, -0.2) is 37.8 Å². The largest absolute Gasteiger partial charge is 0.353 e. The topological polar surface area (TPSA) is 66.5 Å². The fraction of sp³-hybridized carbons (Fsp3) is 0.632. The smallest absolute Gasteiger partial charge is 0.243 e. The summed E-state index contributed by atoms with van der Waals surface area (Å²) in [5, 5.41) is 3.60. The Kier molecular flexibility index (Phi) is 6.59. The molecule has 1 N–H and O–H groups in total. The molecule has 2 fully saturated rings. The van der Waals surface area contributed by atoms with Crippen molar-refractivity contribution in [1.29, 1.82) is 0 Å². The first-order valence-corrected chi connectivity index (χ1v) is 11.3. The first-order chi connectivity index (χ1) is 12.5. The molecular formula is C19H27ClN2O3S. The molecule has 0 unspecified atom stereocenters. The van der Waals surface area contributed by atoms with Crippen molar-refractivity contribution in [1.82, 2.24) is 9.62 Å². The Bertz CT molecular complexity index is 722. The maximum Gasteiger partial charge on any atom is 0.243 e. The lowest BCUT2D eigenvalue weighted by atomic mass is 9.96. The molecular weight excluding hydrogens is 372 g/mol. The van der Waals surface area contributed by atoms with Gasteiger partial charge in [-0.05, 0) is 43.9 Å². The maximum atomic E-state index is 12.7. The standard InChI is InChI=1S/C19H27ClN2O3S/c20-16-6-5-9-18(14-16)26(24,25)22-12-10-15(11-13-22)19(23)21-17-7-3-1-2-4-8-17/h5-6,9,14-15,17H,1-4,7-8,10-13H2,(H,21,23). The highest BCUT2D eigenvalue weighted by Gasteiger charge is 2.32. The van der Waals surface area contributed by atoms with Gasteiger partial charge in [0.1, 0.15) is 0 Å². The molecule has 0 spiro atoms. The van der Waals surface area contributed by atoms with Gasteiger partial charge in [0.05, 0.1) is 4.90 Å². The molecule has 0 bridgehead atoms. The Morgan fingerprint density at radius 2 is 1.69 bits per heavy atom. The number of carbonyl (C=O) groups is 1. The van der Waals surface area contributed by atoms with Crippen LogP contribution in [0.4, 0.5) is 0 Å². The number of hydrogen-bond acceptors (Lipinski definition) is 3. The van der Waals surface area contributed by atoms with Crippen molar-refractivity contribution < 1.29 is 13.2 Å². The van der Waals surface area contributed by atoms with Gasteiger partial charge in [0.2, 0.25) is 15.9 Å². The van der Waals surface area contributed by atoms with E-state index in [1.54, 1.807) is 18.2 Å². The molecule has 1 amide bonds. The normalized spacial score (nSPS) is 21.3. The third kappa shape index (κ3) is 4.78. The lowest BCUT2D eigenvalue weighted by Crippen LogP contribution is -2.45. The Balaban J connectivity index is 1.55. The summed E-state index contributed by atoms with van der Waals surface area (Å²) in [6, 6.07) is 6.62. The molecule has 1 aromatic rings. The second-order valence-corrected chi connectivity index (χ2v) is 9.71. The Morgan fingerprint density at radius 3 is 2.31 bits per heavy atom. The first-order valence-electron chi connectivity index (χ1n) is 9.53. The summed E-state index contributed by atoms with van der Waals surface area (Å²) in [6.07, 6.45) is 8.14. The van der Waals surface area contributed by atoms with Crippen molar-refractivity contribution in [3.8, 4) is 0 Å². The zero-order valence-corrected chi connectivity index (χ0v) is 16.6. The third-order valence-electron chi connectivity index (χ3n) is 5.46. The summed E-state index contributed by atoms with van der Waals surface area (Å²) in [5.41, 5.74) is 0. The quantitative estimate of drug-likeness (QED) is 0.788. The molecule has 1 heterocycles. The molecule has 1 aliphatic heterocycles. The highest BCUT2D eigenvalue weighted by molar-refractivity contribution is 7.89. The Morgan fingerprint density at radius 1 is 1.04 bits per heavy atom. The van der Waals surface area contributed by atoms with Gasteiger partial charge in [0.15, 0.2) is 0 Å². The van der Waals surface area contributed by atoms with Crippen molar-refractivity contribution in [2.45, 2.75) is 62.3 Å². The molecule has 2 aliphatic rings. The van der Waals surface area contributed by atoms with Crippen LogP contribution in [0.1, 0.15) is 51.4 Å². The van der Waals surface area contributed by atoms with E-state index >= 15 is 0 Å². The molecule has 7 heteroatoms. The molecule has 1 aromatic carbocycles. The highest BCUT2D eigenvalue weighted by atomic mass is 35.5. The van der Waals surface area contributed by atoms with Crippen molar-refractivity contribution in [2.75, 3.05) is 13.1 Å². The van der Waals surface area contributed by atoms with Crippen LogP contribution in [0.25, 0.3) is 0 Å². The summed E-state index contributed by atoms with van der Waals surface area (Å²) in [5.74, 6) is 0.000711. The van der Waals surface area contributed by atoms with Gasteiger partial charge in [-0.25, -0.2) is 8.42 Å². The lowest BCUT2D eigenvalue weighted by Gasteiger charge is -2.31. The highest BCUT2D eigenvalue weighted by Crippen LogP contribution is 2.26. The number of nitrogens with zero attached hydrogens (tertiary/aromatic N) is 1. The maximum absolute atomic E-state index is 12.7. The average molecular weight is 399 g/mol. The minimum Gasteiger partial charge on any atom is -0.353 e. The summed E-state index contributed by atoms with van der Waals surface area (Å²) in [7, 11) is -3.55. The Hall–Kier alpha value is -1.11. The summed E-state index contributed by atoms with van der Waals surface area (Å²) < 4.78 is 26.9. The van der Waals surface area contributed by atoms with E-state index in [-0.39, 0.29) is 16.7 Å². The number of hydrogen-bond donors (Lipinski definition) is 1. The van der Waals surface area contributed by atoms with Gasteiger partial charge in [0.25, 0.3) is 0 Å². The number of carbonyl (C=O) groups excluding carboxylic acids is 1. The van der Waals surface area contributed by atoms with Crippen LogP contribution in [-0.2, 0) is 14.8 Å². The zero-order valence-electron chi connectivity index (χ0n) is 15.0.